The van der Waals surface area contributed by atoms with E-state index in [1.165, 1.54) is 0 Å². The van der Waals surface area contributed by atoms with Crippen LogP contribution in [0.25, 0.3) is 21.6 Å². The highest BCUT2D eigenvalue weighted by molar-refractivity contribution is 7.17. The van der Waals surface area contributed by atoms with Crippen LogP contribution < -0.4 is 0 Å². The van der Waals surface area contributed by atoms with Crippen molar-refractivity contribution < 1.29 is 4.52 Å². The Labute approximate surface area is 93.5 Å². The third-order valence-corrected chi connectivity index (χ3v) is 2.97. The minimum absolute atomic E-state index is 0.0382. The Morgan fingerprint density at radius 2 is 2.33 bits per heavy atom. The van der Waals surface area contributed by atoms with Crippen molar-refractivity contribution in [2.45, 2.75) is 0 Å². The predicted molar refractivity (Wildman–Crippen MR) is 57.9 cm³/mol. The molecule has 0 saturated carbocycles. The lowest BCUT2D eigenvalue weighted by atomic mass is 10.2. The maximum Gasteiger partial charge on any atom is 0.320 e. The molecule has 3 heterocycles. The molecule has 0 N–H and O–H groups in total. The van der Waals surface area contributed by atoms with E-state index in [0.717, 1.165) is 15.8 Å². The number of nitrogens with zero attached hydrogens (tertiary/aromatic N) is 3. The zero-order valence-electron chi connectivity index (χ0n) is 7.35. The zero-order valence-corrected chi connectivity index (χ0v) is 8.92. The number of hydrogen-bond acceptors (Lipinski definition) is 5. The molecular weight excluding hydrogens is 234 g/mol. The van der Waals surface area contributed by atoms with Crippen LogP contribution in [0.15, 0.2) is 28.2 Å². The van der Waals surface area contributed by atoms with Gasteiger partial charge in [-0.15, -0.1) is 11.3 Å². The molecule has 6 heteroatoms. The van der Waals surface area contributed by atoms with Crippen LogP contribution >= 0.6 is 22.9 Å². The summed E-state index contributed by atoms with van der Waals surface area (Å²) in [7, 11) is 0. The van der Waals surface area contributed by atoms with Gasteiger partial charge in [0.15, 0.2) is 0 Å². The fourth-order valence-corrected chi connectivity index (χ4v) is 2.19. The van der Waals surface area contributed by atoms with Crippen molar-refractivity contribution in [1.29, 1.82) is 0 Å². The quantitative estimate of drug-likeness (QED) is 0.653. The van der Waals surface area contributed by atoms with Crippen LogP contribution in [0.2, 0.25) is 5.35 Å². The molecule has 3 aromatic heterocycles. The Kier molecular flexibility index (Phi) is 1.93. The molecule has 0 aliphatic heterocycles. The van der Waals surface area contributed by atoms with E-state index in [4.69, 9.17) is 16.1 Å². The zero-order chi connectivity index (χ0) is 10.3. The average molecular weight is 238 g/mol. The minimum Gasteiger partial charge on any atom is -0.321 e. The lowest BCUT2D eigenvalue weighted by Gasteiger charge is -1.93. The monoisotopic (exact) mass is 237 g/mol. The van der Waals surface area contributed by atoms with Gasteiger partial charge in [-0.1, -0.05) is 5.16 Å². The van der Waals surface area contributed by atoms with Gasteiger partial charge in [-0.25, -0.2) is 0 Å². The molecule has 0 unspecified atom stereocenters. The molecule has 15 heavy (non-hydrogen) atoms. The molecular formula is C9H4ClN3OS. The van der Waals surface area contributed by atoms with E-state index in [-0.39, 0.29) is 5.35 Å². The summed E-state index contributed by atoms with van der Waals surface area (Å²) in [5, 5.41) is 5.75. The maximum absolute atomic E-state index is 5.55. The van der Waals surface area contributed by atoms with Crippen molar-refractivity contribution in [1.82, 2.24) is 15.1 Å². The first-order valence-electron chi connectivity index (χ1n) is 4.16. The highest BCUT2D eigenvalue weighted by Crippen LogP contribution is 2.24. The summed E-state index contributed by atoms with van der Waals surface area (Å²) in [5.74, 6) is 0.461. The molecule has 74 valence electrons. The number of thiophene rings is 1. The molecule has 0 spiro atoms. The van der Waals surface area contributed by atoms with Crippen molar-refractivity contribution in [2.24, 2.45) is 0 Å². The first-order chi connectivity index (χ1) is 7.33. The van der Waals surface area contributed by atoms with Gasteiger partial charge in [0.1, 0.15) is 0 Å². The molecule has 0 aliphatic rings. The number of pyridine rings is 1. The van der Waals surface area contributed by atoms with Gasteiger partial charge < -0.3 is 4.52 Å². The SMILES string of the molecule is Clc1nc(-c2cnc3ccsc3c2)no1. The van der Waals surface area contributed by atoms with Crippen LogP contribution in [-0.4, -0.2) is 15.1 Å². The summed E-state index contributed by atoms with van der Waals surface area (Å²) in [5.41, 5.74) is 1.78. The van der Waals surface area contributed by atoms with Crippen molar-refractivity contribution in [3.63, 3.8) is 0 Å². The van der Waals surface area contributed by atoms with Crippen LogP contribution in [0.1, 0.15) is 0 Å². The minimum atomic E-state index is 0.0382. The first kappa shape index (κ1) is 8.82. The van der Waals surface area contributed by atoms with Crippen LogP contribution in [0, 0.1) is 0 Å². The van der Waals surface area contributed by atoms with E-state index in [9.17, 15) is 0 Å². The molecule has 0 saturated heterocycles. The lowest BCUT2D eigenvalue weighted by Crippen LogP contribution is -1.81. The molecule has 3 aromatic rings. The largest absolute Gasteiger partial charge is 0.321 e. The molecule has 0 amide bonds. The van der Waals surface area contributed by atoms with E-state index in [0.29, 0.717) is 5.82 Å². The highest BCUT2D eigenvalue weighted by atomic mass is 35.5. The Morgan fingerprint density at radius 3 is 3.13 bits per heavy atom. The van der Waals surface area contributed by atoms with Gasteiger partial charge in [-0.05, 0) is 29.1 Å². The van der Waals surface area contributed by atoms with Gasteiger partial charge in [0.2, 0.25) is 5.82 Å². The molecule has 4 nitrogen and oxygen atoms in total. The standard InChI is InChI=1S/C9H4ClN3OS/c10-9-12-8(13-14-9)5-3-7-6(11-4-5)1-2-15-7/h1-4H. The van der Waals surface area contributed by atoms with Crippen molar-refractivity contribution >= 4 is 33.2 Å². The predicted octanol–water partition coefficient (Wildman–Crippen LogP) is 3.00. The summed E-state index contributed by atoms with van der Waals surface area (Å²) in [6.07, 6.45) is 1.70. The Bertz CT molecular complexity index is 618. The average Bonchev–Trinajstić information content (AvgIpc) is 2.84. The second kappa shape index (κ2) is 3.29. The normalized spacial score (nSPS) is 11.0. The summed E-state index contributed by atoms with van der Waals surface area (Å²) in [6.45, 7) is 0. The van der Waals surface area contributed by atoms with Crippen LogP contribution in [0.4, 0.5) is 0 Å². The fraction of sp³-hybridized carbons (Fsp3) is 0. The number of aromatic nitrogens is 3. The molecule has 0 fully saturated rings. The van der Waals surface area contributed by atoms with Crippen molar-refractivity contribution in [2.75, 3.05) is 0 Å². The molecule has 0 atom stereocenters. The number of rotatable bonds is 1. The van der Waals surface area contributed by atoms with E-state index in [1.54, 1.807) is 17.5 Å². The fourth-order valence-electron chi connectivity index (χ4n) is 1.29. The molecule has 0 bridgehead atoms. The van der Waals surface area contributed by atoms with Gasteiger partial charge in [-0.2, -0.15) is 4.98 Å². The maximum atomic E-state index is 5.55. The van der Waals surface area contributed by atoms with Crippen molar-refractivity contribution in [3.05, 3.63) is 29.1 Å². The molecule has 0 aliphatic carbocycles. The van der Waals surface area contributed by atoms with Gasteiger partial charge in [0.05, 0.1) is 10.2 Å². The van der Waals surface area contributed by atoms with Gasteiger partial charge >= 0.3 is 5.35 Å². The van der Waals surface area contributed by atoms with Crippen LogP contribution in [0.5, 0.6) is 0 Å². The van der Waals surface area contributed by atoms with E-state index >= 15 is 0 Å². The van der Waals surface area contributed by atoms with Crippen LogP contribution in [0.3, 0.4) is 0 Å². The summed E-state index contributed by atoms with van der Waals surface area (Å²) in [6, 6.07) is 3.93. The summed E-state index contributed by atoms with van der Waals surface area (Å²) >= 11 is 7.17. The van der Waals surface area contributed by atoms with Crippen LogP contribution in [-0.2, 0) is 0 Å². The number of hydrogen-bond donors (Lipinski definition) is 0. The topological polar surface area (TPSA) is 51.8 Å². The Morgan fingerprint density at radius 1 is 1.40 bits per heavy atom. The molecule has 3 rings (SSSR count). The Hall–Kier alpha value is -1.46. The molecule has 0 aromatic carbocycles. The van der Waals surface area contributed by atoms with E-state index in [2.05, 4.69) is 15.1 Å². The summed E-state index contributed by atoms with van der Waals surface area (Å²) in [4.78, 5) is 8.20. The van der Waals surface area contributed by atoms with Gasteiger partial charge in [0.25, 0.3) is 0 Å². The van der Waals surface area contributed by atoms with E-state index in [1.807, 2.05) is 17.5 Å². The Balaban J connectivity index is 2.18. The second-order valence-electron chi connectivity index (χ2n) is 2.90. The second-order valence-corrected chi connectivity index (χ2v) is 4.17. The third kappa shape index (κ3) is 1.49. The number of halogens is 1. The lowest BCUT2D eigenvalue weighted by molar-refractivity contribution is 0.421. The van der Waals surface area contributed by atoms with Crippen molar-refractivity contribution in [3.8, 4) is 11.4 Å². The molecule has 0 radical (unpaired) electrons. The summed E-state index contributed by atoms with van der Waals surface area (Å²) < 4.78 is 5.78. The van der Waals surface area contributed by atoms with Gasteiger partial charge in [-0.3, -0.25) is 4.98 Å². The number of fused-ring (bicyclic) bond motifs is 1. The van der Waals surface area contributed by atoms with Gasteiger partial charge in [0, 0.05) is 11.8 Å². The highest BCUT2D eigenvalue weighted by Gasteiger charge is 2.08. The first-order valence-corrected chi connectivity index (χ1v) is 5.41. The third-order valence-electron chi connectivity index (χ3n) is 1.96. The smallest absolute Gasteiger partial charge is 0.320 e. The van der Waals surface area contributed by atoms with E-state index < -0.39 is 0 Å².